The summed E-state index contributed by atoms with van der Waals surface area (Å²) in [5.41, 5.74) is 4.74. The third-order valence-electron chi connectivity index (χ3n) is 12.5. The second-order valence-electron chi connectivity index (χ2n) is 17.8. The highest BCUT2D eigenvalue weighted by atomic mass is 16.7. The van der Waals surface area contributed by atoms with E-state index in [4.69, 9.17) is 9.47 Å². The van der Waals surface area contributed by atoms with Crippen LogP contribution in [0, 0.1) is 13.8 Å². The van der Waals surface area contributed by atoms with Crippen molar-refractivity contribution >= 4 is 34.1 Å². The summed E-state index contributed by atoms with van der Waals surface area (Å²) in [5.74, 6) is -2.20. The van der Waals surface area contributed by atoms with Gasteiger partial charge in [0.1, 0.15) is 0 Å². The molecule has 0 radical (unpaired) electrons. The summed E-state index contributed by atoms with van der Waals surface area (Å²) in [4.78, 5) is 27.4. The van der Waals surface area contributed by atoms with Crippen molar-refractivity contribution in [3.63, 3.8) is 0 Å². The lowest BCUT2D eigenvalue weighted by Gasteiger charge is -2.34. The largest absolute Gasteiger partial charge is 0.418 e. The number of hydrogen-bond acceptors (Lipinski definition) is 5. The average molecular weight is 850 g/mol. The molecule has 0 fully saturated rings. The number of aryl methyl sites for hydroxylation is 1. The maximum atomic E-state index is 13.7. The molecule has 0 aliphatic heterocycles. The number of nitrogens with one attached hydrogen (secondary N) is 1. The quantitative estimate of drug-likeness (QED) is 0.0273. The molecule has 0 unspecified atom stereocenters. The fourth-order valence-corrected chi connectivity index (χ4v) is 8.45. The topological polar surface area (TPSA) is 64.6 Å². The number of carbonyl (C=O) groups excluding carboxylic acids is 2. The van der Waals surface area contributed by atoms with Gasteiger partial charge in [-0.15, -0.1) is 0 Å². The van der Waals surface area contributed by atoms with E-state index in [1.807, 2.05) is 31.2 Å². The number of esters is 2. The van der Waals surface area contributed by atoms with E-state index in [0.717, 1.165) is 86.5 Å². The SMILES string of the molecule is CCCCCCCC/C=C\CCCCCCCC(=O)OC(CC)(OC(=O)CCCCCCC/C=C\CCCCCCCC)c1ccccc1Nc1cc2ccccc2c(C)c1C. The first-order valence-electron chi connectivity index (χ1n) is 25.4. The van der Waals surface area contributed by atoms with Crippen molar-refractivity contribution in [2.24, 2.45) is 0 Å². The van der Waals surface area contributed by atoms with Crippen LogP contribution < -0.4 is 5.32 Å². The third kappa shape index (κ3) is 20.5. The number of anilines is 2. The van der Waals surface area contributed by atoms with Crippen molar-refractivity contribution in [1.29, 1.82) is 0 Å². The van der Waals surface area contributed by atoms with Crippen molar-refractivity contribution < 1.29 is 19.1 Å². The van der Waals surface area contributed by atoms with Crippen LogP contribution in [-0.2, 0) is 24.8 Å². The van der Waals surface area contributed by atoms with Gasteiger partial charge in [-0.3, -0.25) is 9.59 Å². The molecule has 3 aromatic rings. The summed E-state index contributed by atoms with van der Waals surface area (Å²) < 4.78 is 12.7. The Balaban J connectivity index is 1.56. The van der Waals surface area contributed by atoms with Gasteiger partial charge in [-0.1, -0.05) is 184 Å². The van der Waals surface area contributed by atoms with Gasteiger partial charge >= 0.3 is 11.9 Å². The van der Waals surface area contributed by atoms with Crippen LogP contribution in [0.2, 0.25) is 0 Å². The highest BCUT2D eigenvalue weighted by Gasteiger charge is 2.41. The first-order valence-corrected chi connectivity index (χ1v) is 25.4. The second-order valence-corrected chi connectivity index (χ2v) is 17.8. The fraction of sp³-hybridized carbons (Fsp3) is 0.614. The van der Waals surface area contributed by atoms with Crippen LogP contribution in [0.5, 0.6) is 0 Å². The lowest BCUT2D eigenvalue weighted by molar-refractivity contribution is -0.236. The van der Waals surface area contributed by atoms with Crippen molar-refractivity contribution in [3.05, 3.63) is 95.6 Å². The third-order valence-corrected chi connectivity index (χ3v) is 12.5. The lowest BCUT2D eigenvalue weighted by Crippen LogP contribution is -2.37. The van der Waals surface area contributed by atoms with Crippen molar-refractivity contribution in [1.82, 2.24) is 0 Å². The van der Waals surface area contributed by atoms with Crippen molar-refractivity contribution in [2.45, 2.75) is 227 Å². The van der Waals surface area contributed by atoms with Gasteiger partial charge in [-0.05, 0) is 118 Å². The van der Waals surface area contributed by atoms with Gasteiger partial charge in [0.2, 0.25) is 0 Å². The van der Waals surface area contributed by atoms with Crippen LogP contribution in [0.25, 0.3) is 10.8 Å². The van der Waals surface area contributed by atoms with E-state index in [1.165, 1.54) is 114 Å². The van der Waals surface area contributed by atoms with Gasteiger partial charge in [0.25, 0.3) is 5.79 Å². The number of unbranched alkanes of at least 4 members (excludes halogenated alkanes) is 22. The summed E-state index contributed by atoms with van der Waals surface area (Å²) in [5, 5.41) is 6.04. The molecule has 0 aliphatic carbocycles. The molecule has 0 bridgehead atoms. The maximum absolute atomic E-state index is 13.7. The number of fused-ring (bicyclic) bond motifs is 1. The zero-order valence-corrected chi connectivity index (χ0v) is 40.1. The Labute approximate surface area is 379 Å². The van der Waals surface area contributed by atoms with E-state index < -0.39 is 5.79 Å². The predicted octanol–water partition coefficient (Wildman–Crippen LogP) is 17.9. The fourth-order valence-electron chi connectivity index (χ4n) is 8.45. The molecule has 0 atom stereocenters. The molecule has 62 heavy (non-hydrogen) atoms. The molecule has 344 valence electrons. The number of ether oxygens (including phenoxy) is 2. The summed E-state index contributed by atoms with van der Waals surface area (Å²) >= 11 is 0. The van der Waals surface area contributed by atoms with Gasteiger partial charge in [0.15, 0.2) is 0 Å². The minimum Gasteiger partial charge on any atom is -0.418 e. The van der Waals surface area contributed by atoms with Crippen LogP contribution in [0.3, 0.4) is 0 Å². The highest BCUT2D eigenvalue weighted by molar-refractivity contribution is 5.91. The minimum atomic E-state index is -1.54. The van der Waals surface area contributed by atoms with E-state index in [1.54, 1.807) is 0 Å². The first-order chi connectivity index (χ1) is 30.3. The van der Waals surface area contributed by atoms with Crippen LogP contribution >= 0.6 is 0 Å². The molecule has 0 saturated heterocycles. The molecule has 0 heterocycles. The number of carbonyl (C=O) groups is 2. The average Bonchev–Trinajstić information content (AvgIpc) is 3.28. The van der Waals surface area contributed by atoms with Gasteiger partial charge < -0.3 is 14.8 Å². The van der Waals surface area contributed by atoms with Gasteiger partial charge in [0.05, 0.1) is 5.56 Å². The zero-order valence-electron chi connectivity index (χ0n) is 40.1. The zero-order chi connectivity index (χ0) is 44.5. The standard InChI is InChI=1S/C57H87NO4/c1-6-9-11-13-15-17-19-21-23-25-27-29-31-33-35-45-55(59)61-57(8-3,62-56(60)46-36-34-32-30-28-26-24-22-20-18-16-14-12-10-7-2)52-43-39-40-44-53(52)58-54-47-50-41-37-38-42-51(50)48(4)49(54)5/h21-24,37-44,47,58H,6-20,25-36,45-46H2,1-5H3/b23-21-,24-22-. The Morgan fingerprint density at radius 3 is 1.40 bits per heavy atom. The van der Waals surface area contributed by atoms with Crippen LogP contribution in [0.1, 0.15) is 224 Å². The van der Waals surface area contributed by atoms with Crippen LogP contribution in [0.4, 0.5) is 11.4 Å². The Morgan fingerprint density at radius 1 is 0.500 bits per heavy atom. The Bertz CT molecular complexity index is 1670. The number of para-hydroxylation sites is 1. The molecule has 0 amide bonds. The molecular formula is C57H87NO4. The maximum Gasteiger partial charge on any atom is 0.309 e. The number of allylic oxidation sites excluding steroid dienone is 4. The minimum absolute atomic E-state index is 0.296. The summed E-state index contributed by atoms with van der Waals surface area (Å²) in [6.07, 6.45) is 41.5. The Hall–Kier alpha value is -3.86. The normalized spacial score (nSPS) is 11.9. The smallest absolute Gasteiger partial charge is 0.309 e. The van der Waals surface area contributed by atoms with Gasteiger partial charge in [0, 0.05) is 30.6 Å². The second kappa shape index (κ2) is 32.8. The molecule has 0 saturated carbocycles. The molecule has 1 N–H and O–H groups in total. The van der Waals surface area contributed by atoms with E-state index in [0.29, 0.717) is 24.8 Å². The molecular weight excluding hydrogens is 763 g/mol. The van der Waals surface area contributed by atoms with Crippen LogP contribution in [0.15, 0.2) is 78.9 Å². The molecule has 5 nitrogen and oxygen atoms in total. The van der Waals surface area contributed by atoms with E-state index in [9.17, 15) is 9.59 Å². The first kappa shape index (κ1) is 52.5. The van der Waals surface area contributed by atoms with Crippen molar-refractivity contribution in [3.8, 4) is 0 Å². The Morgan fingerprint density at radius 2 is 0.919 bits per heavy atom. The molecule has 3 rings (SSSR count). The molecule has 0 aromatic heterocycles. The molecule has 5 heteroatoms. The molecule has 0 aliphatic rings. The number of rotatable bonds is 36. The monoisotopic (exact) mass is 850 g/mol. The van der Waals surface area contributed by atoms with E-state index in [2.05, 4.69) is 87.6 Å². The van der Waals surface area contributed by atoms with Gasteiger partial charge in [-0.2, -0.15) is 0 Å². The van der Waals surface area contributed by atoms with E-state index in [-0.39, 0.29) is 11.9 Å². The van der Waals surface area contributed by atoms with Gasteiger partial charge in [-0.25, -0.2) is 0 Å². The number of benzene rings is 3. The highest BCUT2D eigenvalue weighted by Crippen LogP contribution is 2.40. The lowest BCUT2D eigenvalue weighted by atomic mass is 9.97. The Kier molecular flexibility index (Phi) is 27.7. The predicted molar refractivity (Wildman–Crippen MR) is 266 cm³/mol. The molecule has 0 spiro atoms. The number of hydrogen-bond donors (Lipinski definition) is 1. The van der Waals surface area contributed by atoms with E-state index >= 15 is 0 Å². The molecule has 3 aromatic carbocycles. The summed E-state index contributed by atoms with van der Waals surface area (Å²) in [7, 11) is 0. The van der Waals surface area contributed by atoms with Crippen LogP contribution in [-0.4, -0.2) is 11.9 Å². The summed E-state index contributed by atoms with van der Waals surface area (Å²) in [6.45, 7) is 10.8. The summed E-state index contributed by atoms with van der Waals surface area (Å²) in [6, 6.07) is 18.4. The van der Waals surface area contributed by atoms with Crippen molar-refractivity contribution in [2.75, 3.05) is 5.32 Å².